The molecular formula is C20H32N4O4. The van der Waals surface area contributed by atoms with Gasteiger partial charge in [-0.1, -0.05) is 0 Å². The van der Waals surface area contributed by atoms with Crippen LogP contribution in [0.25, 0.3) is 0 Å². The van der Waals surface area contributed by atoms with Crippen LogP contribution in [-0.2, 0) is 9.53 Å². The Morgan fingerprint density at radius 1 is 1.07 bits per heavy atom. The maximum Gasteiger partial charge on any atom is 0.309 e. The molecule has 2 aliphatic heterocycles. The number of ether oxygens (including phenoxy) is 1. The van der Waals surface area contributed by atoms with Crippen LogP contribution in [-0.4, -0.2) is 81.8 Å². The number of nitrogens with one attached hydrogen (secondary N) is 1. The number of piperazine rings is 1. The second-order valence-electron chi connectivity index (χ2n) is 7.82. The van der Waals surface area contributed by atoms with E-state index in [0.29, 0.717) is 50.5 Å². The minimum atomic E-state index is -0.415. The zero-order valence-corrected chi connectivity index (χ0v) is 17.0. The van der Waals surface area contributed by atoms with Crippen molar-refractivity contribution in [1.29, 1.82) is 0 Å². The van der Waals surface area contributed by atoms with Crippen LogP contribution in [0.15, 0.2) is 9.59 Å². The second-order valence-corrected chi connectivity index (χ2v) is 7.82. The van der Waals surface area contributed by atoms with Crippen molar-refractivity contribution < 1.29 is 9.53 Å². The van der Waals surface area contributed by atoms with Gasteiger partial charge < -0.3 is 24.8 Å². The predicted molar refractivity (Wildman–Crippen MR) is 110 cm³/mol. The summed E-state index contributed by atoms with van der Waals surface area (Å²) in [5.41, 5.74) is 0.142. The standard InChI is InChI=1S/C20H32N4O4/c1-3-28-20(27)15-5-9-24(10-6-15)17-16(18(25)19(17)26)21-7-4-8-23-13-11-22(2)12-14-23/h15,21H,3-14H2,1-2H3. The fourth-order valence-electron chi connectivity index (χ4n) is 4.03. The van der Waals surface area contributed by atoms with Crippen LogP contribution in [0.1, 0.15) is 26.2 Å². The highest BCUT2D eigenvalue weighted by molar-refractivity contribution is 5.76. The van der Waals surface area contributed by atoms with Crippen molar-refractivity contribution >= 4 is 17.3 Å². The van der Waals surface area contributed by atoms with Gasteiger partial charge in [0.2, 0.25) is 0 Å². The first-order chi connectivity index (χ1) is 13.5. The number of likely N-dealkylation sites (N-methyl/N-ethyl adjacent to an activating group) is 1. The lowest BCUT2D eigenvalue weighted by molar-refractivity contribution is -0.148. The molecular weight excluding hydrogens is 360 g/mol. The predicted octanol–water partition coefficient (Wildman–Crippen LogP) is 0.112. The minimum absolute atomic E-state index is 0.109. The second kappa shape index (κ2) is 9.52. The summed E-state index contributed by atoms with van der Waals surface area (Å²) in [6.45, 7) is 9.43. The van der Waals surface area contributed by atoms with E-state index in [9.17, 15) is 14.4 Å². The van der Waals surface area contributed by atoms with Gasteiger partial charge in [-0.3, -0.25) is 14.4 Å². The summed E-state index contributed by atoms with van der Waals surface area (Å²) in [6, 6.07) is 0. The molecule has 8 nitrogen and oxygen atoms in total. The minimum Gasteiger partial charge on any atom is -0.466 e. The molecule has 3 rings (SSSR count). The summed E-state index contributed by atoms with van der Waals surface area (Å²) in [5, 5.41) is 3.19. The van der Waals surface area contributed by atoms with Crippen molar-refractivity contribution in [2.75, 3.05) is 76.2 Å². The Bertz CT molecular complexity index is 727. The Labute approximate surface area is 166 Å². The van der Waals surface area contributed by atoms with E-state index in [-0.39, 0.29) is 11.9 Å². The van der Waals surface area contributed by atoms with Gasteiger partial charge in [0.15, 0.2) is 0 Å². The molecule has 156 valence electrons. The molecule has 0 aliphatic carbocycles. The van der Waals surface area contributed by atoms with Crippen molar-refractivity contribution in [3.63, 3.8) is 0 Å². The van der Waals surface area contributed by atoms with E-state index in [1.54, 1.807) is 6.92 Å². The molecule has 1 N–H and O–H groups in total. The number of esters is 1. The Hall–Kier alpha value is -1.93. The van der Waals surface area contributed by atoms with Crippen LogP contribution in [0.3, 0.4) is 0 Å². The summed E-state index contributed by atoms with van der Waals surface area (Å²) in [6.07, 6.45) is 2.24. The first-order valence-corrected chi connectivity index (χ1v) is 10.4. The highest BCUT2D eigenvalue weighted by Gasteiger charge is 2.31. The van der Waals surface area contributed by atoms with E-state index in [4.69, 9.17) is 4.74 Å². The number of hydrogen-bond donors (Lipinski definition) is 1. The average Bonchev–Trinajstić information content (AvgIpc) is 2.71. The zero-order valence-electron chi connectivity index (χ0n) is 17.0. The molecule has 0 atom stereocenters. The number of hydrogen-bond acceptors (Lipinski definition) is 8. The Balaban J connectivity index is 1.46. The van der Waals surface area contributed by atoms with Gasteiger partial charge in [0.05, 0.1) is 12.5 Å². The number of carbonyl (C=O) groups is 1. The van der Waals surface area contributed by atoms with E-state index < -0.39 is 10.9 Å². The number of carbonyl (C=O) groups excluding carboxylic acids is 1. The Morgan fingerprint density at radius 3 is 2.39 bits per heavy atom. The first kappa shape index (κ1) is 20.8. The number of nitrogens with zero attached hydrogens (tertiary/aromatic N) is 3. The van der Waals surface area contributed by atoms with Crippen LogP contribution in [0.4, 0.5) is 11.4 Å². The summed E-state index contributed by atoms with van der Waals surface area (Å²) in [4.78, 5) is 42.7. The van der Waals surface area contributed by atoms with Crippen molar-refractivity contribution in [2.24, 2.45) is 5.92 Å². The van der Waals surface area contributed by atoms with Crippen LogP contribution in [0.5, 0.6) is 0 Å². The molecule has 2 fully saturated rings. The lowest BCUT2D eigenvalue weighted by Crippen LogP contribution is -2.47. The molecule has 2 saturated heterocycles. The average molecular weight is 393 g/mol. The molecule has 1 aromatic carbocycles. The number of rotatable bonds is 8. The summed E-state index contributed by atoms with van der Waals surface area (Å²) in [7, 11) is 2.14. The maximum atomic E-state index is 12.1. The highest BCUT2D eigenvalue weighted by Crippen LogP contribution is 2.27. The third kappa shape index (κ3) is 4.72. The van der Waals surface area contributed by atoms with Gasteiger partial charge in [-0.05, 0) is 39.8 Å². The third-order valence-electron chi connectivity index (χ3n) is 5.87. The third-order valence-corrected chi connectivity index (χ3v) is 5.87. The van der Waals surface area contributed by atoms with Crippen molar-refractivity contribution in [1.82, 2.24) is 9.80 Å². The quantitative estimate of drug-likeness (QED) is 0.379. The van der Waals surface area contributed by atoms with Crippen molar-refractivity contribution in [3.05, 3.63) is 20.4 Å². The van der Waals surface area contributed by atoms with Gasteiger partial charge in [0.1, 0.15) is 11.4 Å². The topological polar surface area (TPSA) is 82.2 Å². The first-order valence-electron chi connectivity index (χ1n) is 10.4. The molecule has 1 aromatic rings. The summed E-state index contributed by atoms with van der Waals surface area (Å²) >= 11 is 0. The summed E-state index contributed by atoms with van der Waals surface area (Å²) in [5.74, 6) is -0.267. The molecule has 0 spiro atoms. The normalized spacial score (nSPS) is 19.9. The fraction of sp³-hybridized carbons (Fsp3) is 0.750. The van der Waals surface area contributed by atoms with Gasteiger partial charge >= 0.3 is 5.97 Å². The molecule has 0 saturated carbocycles. The molecule has 8 heteroatoms. The van der Waals surface area contributed by atoms with E-state index in [2.05, 4.69) is 22.2 Å². The summed E-state index contributed by atoms with van der Waals surface area (Å²) < 4.78 is 5.09. The van der Waals surface area contributed by atoms with E-state index >= 15 is 0 Å². The molecule has 0 amide bonds. The van der Waals surface area contributed by atoms with Crippen LogP contribution in [0.2, 0.25) is 0 Å². The largest absolute Gasteiger partial charge is 0.466 e. The Morgan fingerprint density at radius 2 is 1.75 bits per heavy atom. The SMILES string of the molecule is CCOC(=O)C1CCN(c2c(NCCCN3CCN(C)CC3)c(=O)c2=O)CC1. The number of piperidine rings is 1. The lowest BCUT2D eigenvalue weighted by atomic mass is 9.96. The van der Waals surface area contributed by atoms with Crippen LogP contribution >= 0.6 is 0 Å². The molecule has 0 unspecified atom stereocenters. The molecule has 28 heavy (non-hydrogen) atoms. The highest BCUT2D eigenvalue weighted by atomic mass is 16.5. The molecule has 2 heterocycles. The molecule has 0 bridgehead atoms. The Kier molecular flexibility index (Phi) is 7.07. The van der Waals surface area contributed by atoms with Gasteiger partial charge in [-0.15, -0.1) is 0 Å². The van der Waals surface area contributed by atoms with Gasteiger partial charge in [-0.25, -0.2) is 0 Å². The zero-order chi connectivity index (χ0) is 20.1. The number of anilines is 2. The van der Waals surface area contributed by atoms with Crippen LogP contribution < -0.4 is 21.1 Å². The lowest BCUT2D eigenvalue weighted by Gasteiger charge is -2.34. The molecule has 0 aromatic heterocycles. The smallest absolute Gasteiger partial charge is 0.309 e. The maximum absolute atomic E-state index is 12.1. The molecule has 0 radical (unpaired) electrons. The van der Waals surface area contributed by atoms with E-state index in [1.807, 2.05) is 4.90 Å². The molecule has 2 aliphatic rings. The monoisotopic (exact) mass is 392 g/mol. The van der Waals surface area contributed by atoms with Gasteiger partial charge in [-0.2, -0.15) is 0 Å². The van der Waals surface area contributed by atoms with Gasteiger partial charge in [0, 0.05) is 45.8 Å². The van der Waals surface area contributed by atoms with Gasteiger partial charge in [0.25, 0.3) is 10.9 Å². The van der Waals surface area contributed by atoms with E-state index in [1.165, 1.54) is 0 Å². The van der Waals surface area contributed by atoms with E-state index in [0.717, 1.165) is 39.1 Å². The van der Waals surface area contributed by atoms with Crippen LogP contribution in [0, 0.1) is 5.92 Å². The van der Waals surface area contributed by atoms with Crippen molar-refractivity contribution in [2.45, 2.75) is 26.2 Å². The fourth-order valence-corrected chi connectivity index (χ4v) is 4.03. The van der Waals surface area contributed by atoms with Crippen molar-refractivity contribution in [3.8, 4) is 0 Å².